The van der Waals surface area contributed by atoms with Crippen LogP contribution < -0.4 is 4.90 Å². The number of rotatable bonds is 2. The first-order valence-corrected chi connectivity index (χ1v) is 6.92. The van der Waals surface area contributed by atoms with Gasteiger partial charge in [0, 0.05) is 16.9 Å². The van der Waals surface area contributed by atoms with Gasteiger partial charge in [-0.2, -0.15) is 0 Å². The summed E-state index contributed by atoms with van der Waals surface area (Å²) in [6.45, 7) is 2.29. The smallest absolute Gasteiger partial charge is 0.299 e. The van der Waals surface area contributed by atoms with Gasteiger partial charge < -0.3 is 4.90 Å². The summed E-state index contributed by atoms with van der Waals surface area (Å²) in [4.78, 5) is 29.7. The van der Waals surface area contributed by atoms with Crippen molar-refractivity contribution in [2.75, 3.05) is 4.90 Å². The van der Waals surface area contributed by atoms with Crippen LogP contribution in [0.4, 0.5) is 5.69 Å². The third kappa shape index (κ3) is 2.14. The van der Waals surface area contributed by atoms with Gasteiger partial charge >= 0.3 is 0 Å². The molecule has 0 radical (unpaired) electrons. The van der Waals surface area contributed by atoms with Crippen LogP contribution in [0.25, 0.3) is 0 Å². The van der Waals surface area contributed by atoms with E-state index in [-0.39, 0.29) is 0 Å². The topological polar surface area (TPSA) is 50.3 Å². The van der Waals surface area contributed by atoms with Crippen molar-refractivity contribution in [1.82, 2.24) is 4.98 Å². The molecule has 100 valence electrons. The second kappa shape index (κ2) is 4.83. The van der Waals surface area contributed by atoms with E-state index in [4.69, 9.17) is 0 Å². The molecule has 1 aliphatic rings. The van der Waals surface area contributed by atoms with E-state index >= 15 is 0 Å². The molecule has 0 aliphatic carbocycles. The van der Waals surface area contributed by atoms with Crippen LogP contribution >= 0.6 is 15.9 Å². The van der Waals surface area contributed by atoms with E-state index in [1.165, 1.54) is 4.90 Å². The number of aromatic nitrogens is 1. The molecule has 0 saturated heterocycles. The van der Waals surface area contributed by atoms with E-state index in [1.54, 1.807) is 30.6 Å². The highest BCUT2D eigenvalue weighted by Crippen LogP contribution is 2.32. The van der Waals surface area contributed by atoms with Crippen molar-refractivity contribution in [1.29, 1.82) is 0 Å². The summed E-state index contributed by atoms with van der Waals surface area (Å²) in [5.74, 6) is -0.937. The van der Waals surface area contributed by atoms with Gasteiger partial charge in [0.1, 0.15) is 0 Å². The van der Waals surface area contributed by atoms with Crippen LogP contribution in [0.5, 0.6) is 0 Å². The number of halogens is 1. The normalized spacial score (nSPS) is 13.8. The molecule has 1 aromatic heterocycles. The molecule has 1 aromatic carbocycles. The number of benzene rings is 1. The Bertz CT molecular complexity index is 728. The summed E-state index contributed by atoms with van der Waals surface area (Å²) in [5, 5.41) is 0. The molecule has 1 aliphatic heterocycles. The molecule has 0 fully saturated rings. The number of ketones is 1. The van der Waals surface area contributed by atoms with Crippen molar-refractivity contribution >= 4 is 33.3 Å². The van der Waals surface area contributed by atoms with Crippen molar-refractivity contribution in [3.05, 3.63) is 57.8 Å². The van der Waals surface area contributed by atoms with E-state index in [2.05, 4.69) is 20.9 Å². The lowest BCUT2D eigenvalue weighted by atomic mass is 10.1. The fourth-order valence-electron chi connectivity index (χ4n) is 2.31. The molecule has 2 heterocycles. The Hall–Kier alpha value is -2.01. The van der Waals surface area contributed by atoms with Crippen LogP contribution in [0, 0.1) is 6.92 Å². The summed E-state index contributed by atoms with van der Waals surface area (Å²) in [6, 6.07) is 7.19. The fraction of sp³-hybridized carbons (Fsp3) is 0.133. The number of aryl methyl sites for hydroxylation is 1. The zero-order chi connectivity index (χ0) is 14.3. The van der Waals surface area contributed by atoms with Crippen LogP contribution in [0.1, 0.15) is 21.5 Å². The lowest BCUT2D eigenvalue weighted by Gasteiger charge is -2.16. The predicted molar refractivity (Wildman–Crippen MR) is 78.6 cm³/mol. The summed E-state index contributed by atoms with van der Waals surface area (Å²) in [7, 11) is 0. The quantitative estimate of drug-likeness (QED) is 0.795. The Balaban J connectivity index is 2.01. The molecule has 4 nitrogen and oxygen atoms in total. The molecule has 0 unspecified atom stereocenters. The summed E-state index contributed by atoms with van der Waals surface area (Å²) in [5.41, 5.74) is 3.03. The standard InChI is InChI=1S/C15H11BrN2O2/c1-9-4-10(7-17-6-9)8-18-13-5-11(16)2-3-12(13)14(19)15(18)20/h2-7H,8H2,1H3. The summed E-state index contributed by atoms with van der Waals surface area (Å²) >= 11 is 3.37. The number of nitrogens with zero attached hydrogens (tertiary/aromatic N) is 2. The van der Waals surface area contributed by atoms with E-state index < -0.39 is 11.7 Å². The average Bonchev–Trinajstić information content (AvgIpc) is 2.64. The Labute approximate surface area is 124 Å². The number of carbonyl (C=O) groups is 2. The monoisotopic (exact) mass is 330 g/mol. The average molecular weight is 331 g/mol. The lowest BCUT2D eigenvalue weighted by Crippen LogP contribution is -2.29. The molecule has 0 bridgehead atoms. The first kappa shape index (κ1) is 13.0. The maximum atomic E-state index is 12.1. The SMILES string of the molecule is Cc1cncc(CN2C(=O)C(=O)c3ccc(Br)cc32)c1. The maximum Gasteiger partial charge on any atom is 0.299 e. The van der Waals surface area contributed by atoms with Crippen LogP contribution in [-0.4, -0.2) is 16.7 Å². The van der Waals surface area contributed by atoms with Gasteiger partial charge in [-0.15, -0.1) is 0 Å². The van der Waals surface area contributed by atoms with Gasteiger partial charge in [-0.25, -0.2) is 0 Å². The maximum absolute atomic E-state index is 12.1. The van der Waals surface area contributed by atoms with E-state index in [0.717, 1.165) is 15.6 Å². The number of pyridine rings is 1. The number of carbonyl (C=O) groups excluding carboxylic acids is 2. The Morgan fingerprint density at radius 3 is 2.75 bits per heavy atom. The van der Waals surface area contributed by atoms with Crippen molar-refractivity contribution in [2.24, 2.45) is 0 Å². The molecule has 0 atom stereocenters. The number of hydrogen-bond donors (Lipinski definition) is 0. The molecule has 1 amide bonds. The van der Waals surface area contributed by atoms with Gasteiger partial charge in [-0.3, -0.25) is 14.6 Å². The Morgan fingerprint density at radius 2 is 2.00 bits per heavy atom. The Kier molecular flexibility index (Phi) is 3.14. The van der Waals surface area contributed by atoms with Crippen molar-refractivity contribution < 1.29 is 9.59 Å². The molecule has 0 N–H and O–H groups in total. The summed E-state index contributed by atoms with van der Waals surface area (Å²) < 4.78 is 0.839. The highest BCUT2D eigenvalue weighted by Gasteiger charge is 2.35. The van der Waals surface area contributed by atoms with E-state index in [0.29, 0.717) is 17.8 Å². The van der Waals surface area contributed by atoms with Crippen molar-refractivity contribution in [2.45, 2.75) is 13.5 Å². The van der Waals surface area contributed by atoms with Gasteiger partial charge in [0.25, 0.3) is 11.7 Å². The predicted octanol–water partition coefficient (Wildman–Crippen LogP) is 2.88. The van der Waals surface area contributed by atoms with Gasteiger partial charge in [0.2, 0.25) is 0 Å². The minimum Gasteiger partial charge on any atom is -0.300 e. The second-order valence-corrected chi connectivity index (χ2v) is 5.67. The van der Waals surface area contributed by atoms with Crippen LogP contribution in [0.2, 0.25) is 0 Å². The van der Waals surface area contributed by atoms with Crippen LogP contribution in [-0.2, 0) is 11.3 Å². The third-order valence-electron chi connectivity index (χ3n) is 3.21. The number of fused-ring (bicyclic) bond motifs is 1. The van der Waals surface area contributed by atoms with Crippen LogP contribution in [0.3, 0.4) is 0 Å². The van der Waals surface area contributed by atoms with Gasteiger partial charge in [-0.05, 0) is 36.2 Å². The van der Waals surface area contributed by atoms with E-state index in [9.17, 15) is 9.59 Å². The highest BCUT2D eigenvalue weighted by atomic mass is 79.9. The molecule has 0 saturated carbocycles. The van der Waals surface area contributed by atoms with Gasteiger partial charge in [0.05, 0.1) is 17.8 Å². The molecule has 5 heteroatoms. The Morgan fingerprint density at radius 1 is 1.20 bits per heavy atom. The fourth-order valence-corrected chi connectivity index (χ4v) is 2.66. The largest absolute Gasteiger partial charge is 0.300 e. The van der Waals surface area contributed by atoms with Gasteiger partial charge in [-0.1, -0.05) is 22.0 Å². The zero-order valence-corrected chi connectivity index (χ0v) is 12.3. The number of amides is 1. The molecule has 3 rings (SSSR count). The summed E-state index contributed by atoms with van der Waals surface area (Å²) in [6.07, 6.45) is 3.46. The highest BCUT2D eigenvalue weighted by molar-refractivity contribution is 9.10. The van der Waals surface area contributed by atoms with Gasteiger partial charge in [0.15, 0.2) is 0 Å². The molecule has 2 aromatic rings. The molecule has 20 heavy (non-hydrogen) atoms. The minimum absolute atomic E-state index is 0.350. The first-order chi connectivity index (χ1) is 9.56. The number of Topliss-reactive ketones (excluding diaryl/α,β-unsaturated/α-hetero) is 1. The van der Waals surface area contributed by atoms with E-state index in [1.807, 2.05) is 13.0 Å². The molecular weight excluding hydrogens is 320 g/mol. The third-order valence-corrected chi connectivity index (χ3v) is 3.70. The number of hydrogen-bond acceptors (Lipinski definition) is 3. The second-order valence-electron chi connectivity index (χ2n) is 4.75. The molecular formula is C15H11BrN2O2. The zero-order valence-electron chi connectivity index (χ0n) is 10.8. The van der Waals surface area contributed by atoms with Crippen molar-refractivity contribution in [3.8, 4) is 0 Å². The number of anilines is 1. The lowest BCUT2D eigenvalue weighted by molar-refractivity contribution is -0.114. The van der Waals surface area contributed by atoms with Crippen LogP contribution in [0.15, 0.2) is 41.1 Å². The first-order valence-electron chi connectivity index (χ1n) is 6.12. The van der Waals surface area contributed by atoms with Crippen molar-refractivity contribution in [3.63, 3.8) is 0 Å². The minimum atomic E-state index is -0.486. The molecule has 0 spiro atoms.